The Balaban J connectivity index is 0.000000216. The van der Waals surface area contributed by atoms with Gasteiger partial charge in [0.2, 0.25) is 10.8 Å². The third kappa shape index (κ3) is 11.0. The number of hydrogen-bond donors (Lipinski definition) is 4. The number of nitrogens with two attached hydrogens (primary N) is 4. The van der Waals surface area contributed by atoms with Crippen LogP contribution in [0.5, 0.6) is 46.0 Å². The zero-order chi connectivity index (χ0) is 53.7. The third-order valence-corrected chi connectivity index (χ3v) is 11.4. The largest absolute Gasteiger partial charge is 0.457 e. The minimum atomic E-state index is -5.73. The average molecular weight is 1040 g/mol. The summed E-state index contributed by atoms with van der Waals surface area (Å²) in [6, 6.07) is 39.3. The van der Waals surface area contributed by atoms with Gasteiger partial charge >= 0.3 is 24.7 Å². The Morgan fingerprint density at radius 2 is 0.446 bits per heavy atom. The molecule has 0 amide bonds. The summed E-state index contributed by atoms with van der Waals surface area (Å²) >= 11 is 0. The SMILES string of the molecule is Nc1ccc(Oc2ccc(C(c3ccc(Oc4ccc(N)cc4)cc3)(C(F)(F)F)C(F)(F)F)cc2)cc1.Nc1ccccc1Oc1ccc(C(c2ccc(Oc3ccccc3N)cc2)(C(F)(F)F)C(F)(F)F)cc1. The van der Waals surface area contributed by atoms with E-state index in [1.54, 1.807) is 60.7 Å². The molecular weight excluding hydrogens is 997 g/mol. The van der Waals surface area contributed by atoms with Gasteiger partial charge in [-0.2, -0.15) is 52.7 Å². The highest BCUT2D eigenvalue weighted by Crippen LogP contribution is 2.58. The molecule has 8 nitrogen and oxygen atoms in total. The number of nitrogen functional groups attached to an aromatic ring is 4. The van der Waals surface area contributed by atoms with Crippen LogP contribution < -0.4 is 41.9 Å². The maximum atomic E-state index is 14.4. The smallest absolute Gasteiger partial charge is 0.411 e. The van der Waals surface area contributed by atoms with E-state index in [4.69, 9.17) is 41.9 Å². The lowest BCUT2D eigenvalue weighted by Crippen LogP contribution is -2.54. The molecule has 0 aliphatic heterocycles. The van der Waals surface area contributed by atoms with E-state index in [-0.39, 0.29) is 45.9 Å². The minimum Gasteiger partial charge on any atom is -0.457 e. The Labute approximate surface area is 414 Å². The summed E-state index contributed by atoms with van der Waals surface area (Å²) in [6.45, 7) is 0. The number of benzene rings is 8. The number of ether oxygens (including phenoxy) is 4. The van der Waals surface area contributed by atoms with Gasteiger partial charge in [-0.15, -0.1) is 0 Å². The molecule has 0 spiro atoms. The topological polar surface area (TPSA) is 141 Å². The number of anilines is 4. The van der Waals surface area contributed by atoms with Gasteiger partial charge in [0.15, 0.2) is 0 Å². The van der Waals surface area contributed by atoms with Crippen LogP contribution in [-0.4, -0.2) is 24.7 Å². The highest BCUT2D eigenvalue weighted by molar-refractivity contribution is 5.56. The minimum absolute atomic E-state index is 0.0177. The molecule has 8 aromatic rings. The predicted octanol–water partition coefficient (Wildman–Crippen LogP) is 15.7. The average Bonchev–Trinajstić information content (AvgIpc) is 3.33. The Bertz CT molecular complexity index is 2910. The van der Waals surface area contributed by atoms with Crippen LogP contribution in [0.4, 0.5) is 75.4 Å². The summed E-state index contributed by atoms with van der Waals surface area (Å²) < 4.78 is 195. The van der Waals surface area contributed by atoms with E-state index in [0.29, 0.717) is 22.9 Å². The van der Waals surface area contributed by atoms with Gasteiger partial charge in [-0.3, -0.25) is 0 Å². The van der Waals surface area contributed by atoms with E-state index in [0.717, 1.165) is 97.1 Å². The molecule has 0 fully saturated rings. The van der Waals surface area contributed by atoms with Crippen LogP contribution in [0.25, 0.3) is 0 Å². The molecule has 384 valence electrons. The summed E-state index contributed by atoms with van der Waals surface area (Å²) in [5.74, 6) is 1.20. The fourth-order valence-corrected chi connectivity index (χ4v) is 7.80. The summed E-state index contributed by atoms with van der Waals surface area (Å²) in [4.78, 5) is 0. The van der Waals surface area contributed by atoms with Crippen molar-refractivity contribution in [1.29, 1.82) is 0 Å². The van der Waals surface area contributed by atoms with E-state index >= 15 is 0 Å². The van der Waals surface area contributed by atoms with E-state index in [1.807, 2.05) is 0 Å². The molecule has 0 aliphatic carbocycles. The van der Waals surface area contributed by atoms with Crippen molar-refractivity contribution >= 4 is 22.7 Å². The third-order valence-electron chi connectivity index (χ3n) is 11.4. The fourth-order valence-electron chi connectivity index (χ4n) is 7.80. The molecule has 0 bridgehead atoms. The Morgan fingerprint density at radius 3 is 0.662 bits per heavy atom. The lowest BCUT2D eigenvalue weighted by molar-refractivity contribution is -0.290. The zero-order valence-electron chi connectivity index (χ0n) is 38.0. The first-order chi connectivity index (χ1) is 34.8. The van der Waals surface area contributed by atoms with Gasteiger partial charge in [0.05, 0.1) is 11.4 Å². The number of rotatable bonds is 12. The standard InChI is InChI=1S/2C27H20F6N2O2/c28-26(29,30)25(27(31,32)33,17-1-9-21(10-2-17)36-23-13-5-19(34)6-14-23)18-3-11-22(12-4-18)37-24-15-7-20(35)8-16-24;28-26(29,30)25(27(31,32)33,17-9-13-19(14-10-17)36-23-7-3-1-5-21(23)34)18-11-15-20(16-12-18)37-24-8-4-2-6-22(24)35/h2*1-16H,34-35H2. The van der Waals surface area contributed by atoms with Crippen LogP contribution in [-0.2, 0) is 10.8 Å². The Kier molecular flexibility index (Phi) is 14.9. The lowest BCUT2D eigenvalue weighted by Gasteiger charge is -2.38. The first-order valence-corrected chi connectivity index (χ1v) is 21.6. The molecule has 0 radical (unpaired) electrons. The molecule has 0 aliphatic rings. The van der Waals surface area contributed by atoms with Crippen LogP contribution in [0.2, 0.25) is 0 Å². The van der Waals surface area contributed by atoms with Gasteiger partial charge in [-0.05, 0) is 144 Å². The summed E-state index contributed by atoms with van der Waals surface area (Å²) in [6.07, 6.45) is -22.9. The van der Waals surface area contributed by atoms with Crippen molar-refractivity contribution in [1.82, 2.24) is 0 Å². The maximum absolute atomic E-state index is 14.4. The van der Waals surface area contributed by atoms with Crippen LogP contribution in [0.15, 0.2) is 194 Å². The monoisotopic (exact) mass is 1040 g/mol. The van der Waals surface area contributed by atoms with E-state index in [1.165, 1.54) is 36.4 Å². The molecule has 8 N–H and O–H groups in total. The Hall–Kier alpha value is -8.68. The molecule has 74 heavy (non-hydrogen) atoms. The number of alkyl halides is 12. The van der Waals surface area contributed by atoms with Gasteiger partial charge in [0.25, 0.3) is 0 Å². The highest BCUT2D eigenvalue weighted by atomic mass is 19.4. The van der Waals surface area contributed by atoms with Gasteiger partial charge in [-0.1, -0.05) is 72.8 Å². The fraction of sp³-hybridized carbons (Fsp3) is 0.111. The first-order valence-electron chi connectivity index (χ1n) is 21.6. The van der Waals surface area contributed by atoms with Crippen LogP contribution in [0.3, 0.4) is 0 Å². The number of hydrogen-bond acceptors (Lipinski definition) is 8. The van der Waals surface area contributed by atoms with Gasteiger partial charge in [0, 0.05) is 11.4 Å². The van der Waals surface area contributed by atoms with Gasteiger partial charge < -0.3 is 41.9 Å². The van der Waals surface area contributed by atoms with Gasteiger partial charge in [-0.25, -0.2) is 0 Å². The molecule has 20 heteroatoms. The molecule has 0 unspecified atom stereocenters. The maximum Gasteiger partial charge on any atom is 0.411 e. The molecule has 0 atom stereocenters. The van der Waals surface area contributed by atoms with Crippen molar-refractivity contribution in [2.45, 2.75) is 35.5 Å². The molecule has 0 saturated carbocycles. The van der Waals surface area contributed by atoms with Crippen molar-refractivity contribution in [2.24, 2.45) is 0 Å². The molecule has 0 aromatic heterocycles. The number of para-hydroxylation sites is 4. The summed E-state index contributed by atoms with van der Waals surface area (Å²) in [7, 11) is 0. The van der Waals surface area contributed by atoms with Crippen molar-refractivity contribution in [3.05, 3.63) is 216 Å². The van der Waals surface area contributed by atoms with Crippen molar-refractivity contribution in [3.63, 3.8) is 0 Å². The highest BCUT2D eigenvalue weighted by Gasteiger charge is 2.73. The van der Waals surface area contributed by atoms with E-state index in [9.17, 15) is 52.7 Å². The van der Waals surface area contributed by atoms with Gasteiger partial charge in [0.1, 0.15) is 46.0 Å². The van der Waals surface area contributed by atoms with Crippen LogP contribution in [0.1, 0.15) is 22.3 Å². The molecule has 8 rings (SSSR count). The lowest BCUT2D eigenvalue weighted by atomic mass is 9.73. The second-order valence-corrected chi connectivity index (χ2v) is 16.2. The predicted molar refractivity (Wildman–Crippen MR) is 255 cm³/mol. The molecule has 8 aromatic carbocycles. The van der Waals surface area contributed by atoms with Crippen molar-refractivity contribution in [3.8, 4) is 46.0 Å². The van der Waals surface area contributed by atoms with Crippen molar-refractivity contribution in [2.75, 3.05) is 22.9 Å². The van der Waals surface area contributed by atoms with Crippen molar-refractivity contribution < 1.29 is 71.6 Å². The van der Waals surface area contributed by atoms with Crippen LogP contribution >= 0.6 is 0 Å². The van der Waals surface area contributed by atoms with E-state index in [2.05, 4.69) is 0 Å². The summed E-state index contributed by atoms with van der Waals surface area (Å²) in [5, 5.41) is 0. The second kappa shape index (κ2) is 20.8. The molecule has 0 saturated heterocycles. The number of halogens is 12. The molecule has 0 heterocycles. The second-order valence-electron chi connectivity index (χ2n) is 16.2. The summed E-state index contributed by atoms with van der Waals surface area (Å²) in [5.41, 5.74) is 11.5. The molecular formula is C54H40F12N4O4. The first kappa shape index (κ1) is 53.1. The zero-order valence-corrected chi connectivity index (χ0v) is 38.0. The van der Waals surface area contributed by atoms with E-state index < -0.39 is 57.8 Å². The Morgan fingerprint density at radius 1 is 0.243 bits per heavy atom. The van der Waals surface area contributed by atoms with Crippen LogP contribution in [0, 0.1) is 0 Å². The normalized spacial score (nSPS) is 12.3. The quantitative estimate of drug-likeness (QED) is 0.0700.